The summed E-state index contributed by atoms with van der Waals surface area (Å²) in [6.45, 7) is 7.34. The second kappa shape index (κ2) is 8.41. The molecule has 0 aromatic carbocycles. The van der Waals surface area contributed by atoms with Gasteiger partial charge in [-0.2, -0.15) is 5.10 Å². The molecule has 21 heavy (non-hydrogen) atoms. The van der Waals surface area contributed by atoms with Crippen molar-refractivity contribution >= 4 is 11.8 Å². The van der Waals surface area contributed by atoms with E-state index in [1.807, 2.05) is 13.8 Å². The van der Waals surface area contributed by atoms with E-state index < -0.39 is 6.04 Å². The molecule has 7 heteroatoms. The molecular weight excluding hydrogens is 270 g/mol. The summed E-state index contributed by atoms with van der Waals surface area (Å²) >= 11 is 0. The van der Waals surface area contributed by atoms with Crippen molar-refractivity contribution in [2.75, 3.05) is 13.1 Å². The molecule has 1 heterocycles. The van der Waals surface area contributed by atoms with Gasteiger partial charge in [-0.3, -0.25) is 14.3 Å². The topological polar surface area (TPSA) is 102 Å². The molecule has 1 rings (SSSR count). The van der Waals surface area contributed by atoms with Crippen molar-refractivity contribution in [3.05, 3.63) is 17.5 Å². The maximum absolute atomic E-state index is 12.2. The van der Waals surface area contributed by atoms with E-state index in [-0.39, 0.29) is 11.8 Å². The van der Waals surface area contributed by atoms with Crippen molar-refractivity contribution in [2.24, 2.45) is 5.73 Å². The minimum absolute atomic E-state index is 0.182. The summed E-state index contributed by atoms with van der Waals surface area (Å²) in [6, 6.07) is -0.573. The number of hydrogen-bond acceptors (Lipinski definition) is 4. The highest BCUT2D eigenvalue weighted by Crippen LogP contribution is 2.08. The first-order valence-electron chi connectivity index (χ1n) is 7.32. The molecule has 0 fully saturated rings. The maximum Gasteiger partial charge on any atom is 0.255 e. The van der Waals surface area contributed by atoms with E-state index in [0.29, 0.717) is 25.2 Å². The summed E-state index contributed by atoms with van der Waals surface area (Å²) in [4.78, 5) is 23.9. The fraction of sp³-hybridized carbons (Fsp3) is 0.643. The lowest BCUT2D eigenvalue weighted by molar-refractivity contribution is -0.122. The third kappa shape index (κ3) is 4.86. The van der Waals surface area contributed by atoms with Gasteiger partial charge < -0.3 is 16.4 Å². The molecule has 7 nitrogen and oxygen atoms in total. The first-order valence-corrected chi connectivity index (χ1v) is 7.32. The second-order valence-electron chi connectivity index (χ2n) is 5.00. The van der Waals surface area contributed by atoms with Gasteiger partial charge in [-0.05, 0) is 33.2 Å². The largest absolute Gasteiger partial charge is 0.354 e. The first kappa shape index (κ1) is 17.2. The zero-order valence-electron chi connectivity index (χ0n) is 13.0. The van der Waals surface area contributed by atoms with Crippen molar-refractivity contribution in [1.29, 1.82) is 0 Å². The SMILES string of the molecule is CCCNC(=O)C(C)NC(=O)c1cnn(CCCN)c1C. The highest BCUT2D eigenvalue weighted by atomic mass is 16.2. The lowest BCUT2D eigenvalue weighted by Crippen LogP contribution is -2.45. The van der Waals surface area contributed by atoms with Crippen LogP contribution in [0.2, 0.25) is 0 Å². The summed E-state index contributed by atoms with van der Waals surface area (Å²) in [5.41, 5.74) is 6.74. The first-order chi connectivity index (χ1) is 10.0. The lowest BCUT2D eigenvalue weighted by Gasteiger charge is -2.13. The zero-order valence-corrected chi connectivity index (χ0v) is 13.0. The van der Waals surface area contributed by atoms with Gasteiger partial charge in [0, 0.05) is 18.8 Å². The van der Waals surface area contributed by atoms with Crippen LogP contribution < -0.4 is 16.4 Å². The minimum Gasteiger partial charge on any atom is -0.354 e. The average Bonchev–Trinajstić information content (AvgIpc) is 2.83. The molecule has 0 aliphatic carbocycles. The molecule has 4 N–H and O–H groups in total. The summed E-state index contributed by atoms with van der Waals surface area (Å²) in [7, 11) is 0. The van der Waals surface area contributed by atoms with Crippen molar-refractivity contribution in [3.8, 4) is 0 Å². The van der Waals surface area contributed by atoms with Gasteiger partial charge in [0.25, 0.3) is 5.91 Å². The number of nitrogens with two attached hydrogens (primary N) is 1. The molecule has 0 aliphatic heterocycles. The molecular formula is C14H25N5O2. The van der Waals surface area contributed by atoms with Gasteiger partial charge >= 0.3 is 0 Å². The van der Waals surface area contributed by atoms with E-state index >= 15 is 0 Å². The maximum atomic E-state index is 12.2. The third-order valence-corrected chi connectivity index (χ3v) is 3.21. The van der Waals surface area contributed by atoms with Gasteiger partial charge in [0.15, 0.2) is 0 Å². The summed E-state index contributed by atoms with van der Waals surface area (Å²) < 4.78 is 1.75. The molecule has 1 aromatic rings. The zero-order chi connectivity index (χ0) is 15.8. The Bertz CT molecular complexity index is 484. The normalized spacial score (nSPS) is 12.0. The Morgan fingerprint density at radius 2 is 2.19 bits per heavy atom. The van der Waals surface area contributed by atoms with E-state index in [4.69, 9.17) is 5.73 Å². The second-order valence-corrected chi connectivity index (χ2v) is 5.00. The number of hydrogen-bond donors (Lipinski definition) is 3. The predicted octanol–water partition coefficient (Wildman–Crippen LogP) is 0.185. The fourth-order valence-electron chi connectivity index (χ4n) is 1.88. The number of aryl methyl sites for hydroxylation is 1. The van der Waals surface area contributed by atoms with Crippen LogP contribution in [0.5, 0.6) is 0 Å². The molecule has 0 saturated carbocycles. The molecule has 0 spiro atoms. The van der Waals surface area contributed by atoms with E-state index in [1.54, 1.807) is 11.6 Å². The van der Waals surface area contributed by atoms with Crippen molar-refractivity contribution in [2.45, 2.75) is 46.2 Å². The van der Waals surface area contributed by atoms with Crippen LogP contribution in [0.4, 0.5) is 0 Å². The number of nitrogens with zero attached hydrogens (tertiary/aromatic N) is 2. The quantitative estimate of drug-likeness (QED) is 0.637. The number of carbonyl (C=O) groups excluding carboxylic acids is 2. The van der Waals surface area contributed by atoms with E-state index in [1.165, 1.54) is 6.20 Å². The molecule has 0 bridgehead atoms. The lowest BCUT2D eigenvalue weighted by atomic mass is 10.2. The predicted molar refractivity (Wildman–Crippen MR) is 80.9 cm³/mol. The van der Waals surface area contributed by atoms with Crippen LogP contribution in [0.25, 0.3) is 0 Å². The van der Waals surface area contributed by atoms with Gasteiger partial charge in [-0.15, -0.1) is 0 Å². The van der Waals surface area contributed by atoms with Crippen LogP contribution in [0.15, 0.2) is 6.20 Å². The number of rotatable bonds is 8. The van der Waals surface area contributed by atoms with Crippen LogP contribution >= 0.6 is 0 Å². The number of carbonyl (C=O) groups is 2. The summed E-state index contributed by atoms with van der Waals surface area (Å²) in [5, 5.41) is 9.61. The number of nitrogens with one attached hydrogen (secondary N) is 2. The van der Waals surface area contributed by atoms with Gasteiger partial charge in [-0.25, -0.2) is 0 Å². The van der Waals surface area contributed by atoms with Crippen LogP contribution in [-0.4, -0.2) is 40.7 Å². The molecule has 1 unspecified atom stereocenters. The molecule has 1 atom stereocenters. The summed E-state index contributed by atoms with van der Waals surface area (Å²) in [5.74, 6) is -0.468. The van der Waals surface area contributed by atoms with Gasteiger partial charge in [0.05, 0.1) is 11.8 Å². The Labute approximate surface area is 125 Å². The van der Waals surface area contributed by atoms with E-state index in [2.05, 4.69) is 15.7 Å². The Hall–Kier alpha value is -1.89. The summed E-state index contributed by atoms with van der Waals surface area (Å²) in [6.07, 6.45) is 3.19. The third-order valence-electron chi connectivity index (χ3n) is 3.21. The number of aromatic nitrogens is 2. The minimum atomic E-state index is -0.573. The Balaban J connectivity index is 2.63. The van der Waals surface area contributed by atoms with Crippen LogP contribution in [0, 0.1) is 6.92 Å². The van der Waals surface area contributed by atoms with Crippen molar-refractivity contribution in [1.82, 2.24) is 20.4 Å². The van der Waals surface area contributed by atoms with Crippen molar-refractivity contribution in [3.63, 3.8) is 0 Å². The van der Waals surface area contributed by atoms with Gasteiger partial charge in [0.1, 0.15) is 6.04 Å². The Morgan fingerprint density at radius 1 is 1.48 bits per heavy atom. The molecule has 0 radical (unpaired) electrons. The fourth-order valence-corrected chi connectivity index (χ4v) is 1.88. The van der Waals surface area contributed by atoms with E-state index in [0.717, 1.165) is 18.5 Å². The van der Waals surface area contributed by atoms with Gasteiger partial charge in [0.2, 0.25) is 5.91 Å². The number of amides is 2. The molecule has 1 aromatic heterocycles. The molecule has 0 saturated heterocycles. The molecule has 118 valence electrons. The monoisotopic (exact) mass is 295 g/mol. The molecule has 2 amide bonds. The Morgan fingerprint density at radius 3 is 2.81 bits per heavy atom. The molecule has 0 aliphatic rings. The van der Waals surface area contributed by atoms with Gasteiger partial charge in [-0.1, -0.05) is 6.92 Å². The standard InChI is InChI=1S/C14H25N5O2/c1-4-7-16-13(20)10(2)18-14(21)12-9-17-19(11(12)3)8-5-6-15/h9-10H,4-8,15H2,1-3H3,(H,16,20)(H,18,21). The van der Waals surface area contributed by atoms with Crippen LogP contribution in [-0.2, 0) is 11.3 Å². The highest BCUT2D eigenvalue weighted by molar-refractivity contribution is 5.98. The smallest absolute Gasteiger partial charge is 0.255 e. The Kier molecular flexibility index (Phi) is 6.87. The highest BCUT2D eigenvalue weighted by Gasteiger charge is 2.19. The van der Waals surface area contributed by atoms with Crippen LogP contribution in [0.1, 0.15) is 42.7 Å². The average molecular weight is 295 g/mol. The van der Waals surface area contributed by atoms with Crippen molar-refractivity contribution < 1.29 is 9.59 Å². The van der Waals surface area contributed by atoms with E-state index in [9.17, 15) is 9.59 Å². The van der Waals surface area contributed by atoms with Crippen LogP contribution in [0.3, 0.4) is 0 Å².